The number of piperazine rings is 1. The minimum Gasteiger partial charge on any atom is -0.368 e. The van der Waals surface area contributed by atoms with E-state index in [4.69, 9.17) is 0 Å². The molecule has 0 atom stereocenters. The highest BCUT2D eigenvalue weighted by Gasteiger charge is 2.53. The van der Waals surface area contributed by atoms with Crippen molar-refractivity contribution >= 4 is 11.6 Å². The smallest absolute Gasteiger partial charge is 0.233 e. The average molecular weight is 334 g/mol. The molecule has 4 rings (SSSR count). The number of nitrogens with zero attached hydrogens (tertiary/aromatic N) is 2. The van der Waals surface area contributed by atoms with E-state index in [1.54, 1.807) is 0 Å². The molecule has 0 N–H and O–H groups in total. The van der Waals surface area contributed by atoms with Crippen molar-refractivity contribution < 1.29 is 4.79 Å². The minimum absolute atomic E-state index is 0.237. The van der Waals surface area contributed by atoms with Crippen molar-refractivity contribution in [3.63, 3.8) is 0 Å². The molecule has 1 saturated carbocycles. The van der Waals surface area contributed by atoms with Crippen LogP contribution in [0.4, 0.5) is 5.69 Å². The van der Waals surface area contributed by atoms with Gasteiger partial charge in [0.05, 0.1) is 5.41 Å². The molecule has 1 saturated heterocycles. The molecule has 0 bridgehead atoms. The third kappa shape index (κ3) is 3.04. The van der Waals surface area contributed by atoms with Gasteiger partial charge in [-0.25, -0.2) is 0 Å². The molecular formula is C22H26N2O. The zero-order valence-electron chi connectivity index (χ0n) is 15.2. The first-order valence-electron chi connectivity index (χ1n) is 9.27. The topological polar surface area (TPSA) is 23.6 Å². The van der Waals surface area contributed by atoms with Gasteiger partial charge in [-0.2, -0.15) is 0 Å². The minimum atomic E-state index is -0.237. The van der Waals surface area contributed by atoms with E-state index >= 15 is 0 Å². The van der Waals surface area contributed by atoms with Gasteiger partial charge in [-0.15, -0.1) is 0 Å². The Kier molecular flexibility index (Phi) is 4.03. The first-order chi connectivity index (χ1) is 12.1. The largest absolute Gasteiger partial charge is 0.368 e. The van der Waals surface area contributed by atoms with Crippen molar-refractivity contribution in [3.8, 4) is 0 Å². The second-order valence-corrected chi connectivity index (χ2v) is 7.57. The summed E-state index contributed by atoms with van der Waals surface area (Å²) in [6.45, 7) is 7.69. The van der Waals surface area contributed by atoms with Gasteiger partial charge in [0, 0.05) is 31.9 Å². The Morgan fingerprint density at radius 1 is 0.880 bits per heavy atom. The van der Waals surface area contributed by atoms with Crippen molar-refractivity contribution in [1.29, 1.82) is 0 Å². The fourth-order valence-electron chi connectivity index (χ4n) is 3.92. The van der Waals surface area contributed by atoms with Gasteiger partial charge >= 0.3 is 0 Å². The molecule has 0 radical (unpaired) electrons. The van der Waals surface area contributed by atoms with Crippen LogP contribution >= 0.6 is 0 Å². The fraction of sp³-hybridized carbons (Fsp3) is 0.409. The highest BCUT2D eigenvalue weighted by Crippen LogP contribution is 2.49. The monoisotopic (exact) mass is 334 g/mol. The Bertz CT molecular complexity index is 769. The summed E-state index contributed by atoms with van der Waals surface area (Å²) in [5.41, 5.74) is 4.77. The number of hydrogen-bond acceptors (Lipinski definition) is 2. The van der Waals surface area contributed by atoms with Gasteiger partial charge in [0.2, 0.25) is 5.91 Å². The second-order valence-electron chi connectivity index (χ2n) is 7.57. The molecule has 25 heavy (non-hydrogen) atoms. The summed E-state index contributed by atoms with van der Waals surface area (Å²) in [7, 11) is 0. The molecule has 2 fully saturated rings. The quantitative estimate of drug-likeness (QED) is 0.855. The van der Waals surface area contributed by atoms with Crippen molar-refractivity contribution in [2.24, 2.45) is 0 Å². The predicted molar refractivity (Wildman–Crippen MR) is 102 cm³/mol. The van der Waals surface area contributed by atoms with Gasteiger partial charge in [-0.3, -0.25) is 4.79 Å². The molecule has 3 heteroatoms. The Balaban J connectivity index is 1.44. The number of carbonyl (C=O) groups excluding carboxylic acids is 1. The van der Waals surface area contributed by atoms with Crippen LogP contribution < -0.4 is 4.90 Å². The number of rotatable bonds is 3. The first-order valence-corrected chi connectivity index (χ1v) is 9.27. The molecular weight excluding hydrogens is 308 g/mol. The van der Waals surface area contributed by atoms with Crippen LogP contribution in [0.2, 0.25) is 0 Å². The highest BCUT2D eigenvalue weighted by molar-refractivity contribution is 5.91. The van der Waals surface area contributed by atoms with Crippen LogP contribution in [-0.2, 0) is 10.2 Å². The summed E-state index contributed by atoms with van der Waals surface area (Å²) < 4.78 is 0. The summed E-state index contributed by atoms with van der Waals surface area (Å²) in [5, 5.41) is 0. The number of amides is 1. The standard InChI is InChI=1S/C22H26N2O/c1-17-6-8-19(9-7-17)22(10-11-22)21(25)24-14-12-23(13-15-24)20-5-3-4-18(2)16-20/h3-9,16H,10-15H2,1-2H3. The van der Waals surface area contributed by atoms with E-state index in [0.717, 1.165) is 39.0 Å². The highest BCUT2D eigenvalue weighted by atomic mass is 16.2. The van der Waals surface area contributed by atoms with Crippen LogP contribution in [0.25, 0.3) is 0 Å². The number of aryl methyl sites for hydroxylation is 2. The summed E-state index contributed by atoms with van der Waals surface area (Å²) in [5.74, 6) is 0.334. The molecule has 0 spiro atoms. The number of carbonyl (C=O) groups is 1. The zero-order chi connectivity index (χ0) is 17.4. The van der Waals surface area contributed by atoms with Crippen molar-refractivity contribution in [3.05, 3.63) is 65.2 Å². The maximum absolute atomic E-state index is 13.2. The molecule has 2 aliphatic rings. The Morgan fingerprint density at radius 2 is 1.56 bits per heavy atom. The SMILES string of the molecule is Cc1ccc(C2(C(=O)N3CCN(c4cccc(C)c4)CC3)CC2)cc1. The lowest BCUT2D eigenvalue weighted by atomic mass is 9.93. The summed E-state index contributed by atoms with van der Waals surface area (Å²) in [4.78, 5) is 17.6. The number of anilines is 1. The summed E-state index contributed by atoms with van der Waals surface area (Å²) in [6.07, 6.45) is 1.99. The predicted octanol–water partition coefficient (Wildman–Crippen LogP) is 3.68. The third-order valence-corrected chi connectivity index (χ3v) is 5.70. The normalized spacial score (nSPS) is 19.0. The lowest BCUT2D eigenvalue weighted by molar-refractivity contribution is -0.134. The van der Waals surface area contributed by atoms with Gasteiger partial charge in [0.15, 0.2) is 0 Å². The maximum atomic E-state index is 13.2. The first kappa shape index (κ1) is 16.2. The van der Waals surface area contributed by atoms with E-state index in [1.807, 2.05) is 0 Å². The van der Waals surface area contributed by atoms with Gasteiger partial charge in [0.1, 0.15) is 0 Å². The maximum Gasteiger partial charge on any atom is 0.233 e. The molecule has 130 valence electrons. The van der Waals surface area contributed by atoms with Crippen LogP contribution in [0, 0.1) is 13.8 Å². The Hall–Kier alpha value is -2.29. The van der Waals surface area contributed by atoms with Crippen molar-refractivity contribution in [2.75, 3.05) is 31.1 Å². The van der Waals surface area contributed by atoms with Crippen molar-refractivity contribution in [2.45, 2.75) is 32.1 Å². The number of benzene rings is 2. The second kappa shape index (κ2) is 6.21. The molecule has 2 aromatic carbocycles. The molecule has 0 unspecified atom stereocenters. The van der Waals surface area contributed by atoms with Crippen LogP contribution in [-0.4, -0.2) is 37.0 Å². The van der Waals surface area contributed by atoms with Gasteiger partial charge in [-0.1, -0.05) is 42.0 Å². The van der Waals surface area contributed by atoms with E-state index in [0.29, 0.717) is 5.91 Å². The molecule has 1 heterocycles. The summed E-state index contributed by atoms with van der Waals surface area (Å²) >= 11 is 0. The average Bonchev–Trinajstić information content (AvgIpc) is 3.44. The molecule has 3 nitrogen and oxygen atoms in total. The molecule has 1 amide bonds. The van der Waals surface area contributed by atoms with E-state index < -0.39 is 0 Å². The van der Waals surface area contributed by atoms with E-state index in [1.165, 1.54) is 22.4 Å². The van der Waals surface area contributed by atoms with Crippen LogP contribution in [0.1, 0.15) is 29.5 Å². The van der Waals surface area contributed by atoms with E-state index in [-0.39, 0.29) is 5.41 Å². The lowest BCUT2D eigenvalue weighted by Gasteiger charge is -2.38. The lowest BCUT2D eigenvalue weighted by Crippen LogP contribution is -2.51. The van der Waals surface area contributed by atoms with Crippen LogP contribution in [0.5, 0.6) is 0 Å². The van der Waals surface area contributed by atoms with E-state index in [2.05, 4.69) is 72.2 Å². The van der Waals surface area contributed by atoms with Crippen LogP contribution in [0.3, 0.4) is 0 Å². The van der Waals surface area contributed by atoms with Gasteiger partial charge in [-0.05, 0) is 49.9 Å². The van der Waals surface area contributed by atoms with Crippen molar-refractivity contribution in [1.82, 2.24) is 4.90 Å². The van der Waals surface area contributed by atoms with E-state index in [9.17, 15) is 4.79 Å². The molecule has 0 aromatic heterocycles. The molecule has 1 aliphatic carbocycles. The number of hydrogen-bond donors (Lipinski definition) is 0. The van der Waals surface area contributed by atoms with Gasteiger partial charge < -0.3 is 9.80 Å². The Morgan fingerprint density at radius 3 is 2.16 bits per heavy atom. The molecule has 2 aromatic rings. The Labute approximate surface area is 150 Å². The molecule has 1 aliphatic heterocycles. The fourth-order valence-corrected chi connectivity index (χ4v) is 3.92. The summed E-state index contributed by atoms with van der Waals surface area (Å²) in [6, 6.07) is 17.2. The van der Waals surface area contributed by atoms with Gasteiger partial charge in [0.25, 0.3) is 0 Å². The van der Waals surface area contributed by atoms with Crippen LogP contribution in [0.15, 0.2) is 48.5 Å². The third-order valence-electron chi connectivity index (χ3n) is 5.70. The zero-order valence-corrected chi connectivity index (χ0v) is 15.2.